The Hall–Kier alpha value is -0.470. The summed E-state index contributed by atoms with van der Waals surface area (Å²) in [6.07, 6.45) is 3.09. The van der Waals surface area contributed by atoms with Crippen LogP contribution < -0.4 is 0 Å². The average Bonchev–Trinajstić information content (AvgIpc) is 2.72. The Labute approximate surface area is 121 Å². The predicted octanol–water partition coefficient (Wildman–Crippen LogP) is 1.59. The highest BCUT2D eigenvalue weighted by Gasteiger charge is 2.20. The lowest BCUT2D eigenvalue weighted by atomic mass is 10.4. The molecule has 0 radical (unpaired) electrons. The lowest BCUT2D eigenvalue weighted by Gasteiger charge is -2.04. The highest BCUT2D eigenvalue weighted by Crippen LogP contribution is 2.37. The molecule has 1 aliphatic rings. The number of carbonyl (C=O) groups is 2. The molecule has 0 aliphatic carbocycles. The van der Waals surface area contributed by atoms with Crippen molar-refractivity contribution in [1.29, 1.82) is 0 Å². The lowest BCUT2D eigenvalue weighted by Crippen LogP contribution is -2.20. The Morgan fingerprint density at radius 2 is 2.21 bits per heavy atom. The van der Waals surface area contributed by atoms with E-state index in [0.717, 1.165) is 24.6 Å². The van der Waals surface area contributed by atoms with Crippen molar-refractivity contribution in [2.45, 2.75) is 19.8 Å². The molecular formula is C11H16O5S3. The average molecular weight is 324 g/mol. The summed E-state index contributed by atoms with van der Waals surface area (Å²) in [4.78, 5) is 22.3. The van der Waals surface area contributed by atoms with E-state index in [4.69, 9.17) is 4.74 Å². The fourth-order valence-electron chi connectivity index (χ4n) is 1.21. The Morgan fingerprint density at radius 3 is 2.79 bits per heavy atom. The van der Waals surface area contributed by atoms with Crippen LogP contribution in [0, 0.1) is 0 Å². The first-order valence-corrected chi connectivity index (χ1v) is 9.45. The first kappa shape index (κ1) is 16.6. The molecule has 0 bridgehead atoms. The van der Waals surface area contributed by atoms with Crippen molar-refractivity contribution in [2.75, 3.05) is 23.9 Å². The van der Waals surface area contributed by atoms with Crippen LogP contribution in [-0.2, 0) is 24.2 Å². The van der Waals surface area contributed by atoms with E-state index in [-0.39, 0.29) is 17.5 Å². The fraction of sp³-hybridized carbons (Fsp3) is 0.636. The summed E-state index contributed by atoms with van der Waals surface area (Å²) in [5.74, 6) is -1.19. The van der Waals surface area contributed by atoms with Crippen molar-refractivity contribution in [2.24, 2.45) is 0 Å². The lowest BCUT2D eigenvalue weighted by molar-refractivity contribution is -0.140. The minimum absolute atomic E-state index is 0.0209. The normalized spacial score (nSPS) is 17.9. The van der Waals surface area contributed by atoms with E-state index in [9.17, 15) is 18.0 Å². The zero-order valence-corrected chi connectivity index (χ0v) is 13.0. The van der Waals surface area contributed by atoms with Crippen LogP contribution in [0.3, 0.4) is 0 Å². The van der Waals surface area contributed by atoms with E-state index >= 15 is 0 Å². The molecule has 0 spiro atoms. The van der Waals surface area contributed by atoms with Crippen molar-refractivity contribution < 1.29 is 22.7 Å². The van der Waals surface area contributed by atoms with Gasteiger partial charge in [-0.3, -0.25) is 9.59 Å². The smallest absolute Gasteiger partial charge is 0.321 e. The molecule has 108 valence electrons. The maximum Gasteiger partial charge on any atom is 0.321 e. The van der Waals surface area contributed by atoms with Crippen molar-refractivity contribution in [3.8, 4) is 0 Å². The zero-order valence-electron chi connectivity index (χ0n) is 10.6. The maximum absolute atomic E-state index is 11.7. The van der Waals surface area contributed by atoms with Crippen molar-refractivity contribution in [3.05, 3.63) is 10.3 Å². The largest absolute Gasteiger partial charge is 0.465 e. The quantitative estimate of drug-likeness (QED) is 0.520. The van der Waals surface area contributed by atoms with Gasteiger partial charge in [0, 0.05) is 4.24 Å². The first-order chi connectivity index (χ1) is 8.93. The molecule has 0 unspecified atom stereocenters. The molecule has 1 rings (SSSR count). The molecule has 0 aromatic rings. The SMILES string of the molecule is CCCCOC(=O)CS(=O)(=O)CC=C1SCC(=O)S1. The summed E-state index contributed by atoms with van der Waals surface area (Å²) >= 11 is 2.37. The van der Waals surface area contributed by atoms with E-state index < -0.39 is 21.6 Å². The van der Waals surface area contributed by atoms with E-state index in [1.54, 1.807) is 0 Å². The predicted molar refractivity (Wildman–Crippen MR) is 77.7 cm³/mol. The topological polar surface area (TPSA) is 77.5 Å². The standard InChI is InChI=1S/C11H16O5S3/c1-2-3-5-16-9(12)8-19(14,15)6-4-11-17-7-10(13)18-11/h4H,2-3,5-8H2,1H3. The van der Waals surface area contributed by atoms with Gasteiger partial charge in [-0.15, -0.1) is 11.8 Å². The molecule has 5 nitrogen and oxygen atoms in total. The number of hydrogen-bond donors (Lipinski definition) is 0. The highest BCUT2D eigenvalue weighted by molar-refractivity contribution is 8.34. The second-order valence-corrected chi connectivity index (χ2v) is 8.40. The molecule has 1 saturated heterocycles. The van der Waals surface area contributed by atoms with Gasteiger partial charge in [-0.25, -0.2) is 8.42 Å². The van der Waals surface area contributed by atoms with Crippen LogP contribution >= 0.6 is 23.5 Å². The van der Waals surface area contributed by atoms with Gasteiger partial charge in [0.1, 0.15) is 5.75 Å². The molecule has 1 aliphatic heterocycles. The third-order valence-electron chi connectivity index (χ3n) is 2.15. The van der Waals surface area contributed by atoms with Gasteiger partial charge in [-0.05, 0) is 24.3 Å². The van der Waals surface area contributed by atoms with Gasteiger partial charge in [-0.2, -0.15) is 0 Å². The number of esters is 1. The highest BCUT2D eigenvalue weighted by atomic mass is 32.2. The monoisotopic (exact) mass is 324 g/mol. The maximum atomic E-state index is 11.7. The number of unbranched alkanes of at least 4 members (excludes halogenated alkanes) is 1. The number of rotatable bonds is 7. The van der Waals surface area contributed by atoms with Gasteiger partial charge >= 0.3 is 5.97 Å². The summed E-state index contributed by atoms with van der Waals surface area (Å²) in [5.41, 5.74) is 0. The third kappa shape index (κ3) is 7.03. The van der Waals surface area contributed by atoms with Crippen LogP contribution in [0.25, 0.3) is 0 Å². The number of sulfone groups is 1. The second-order valence-electron chi connectivity index (χ2n) is 3.91. The van der Waals surface area contributed by atoms with Gasteiger partial charge < -0.3 is 4.74 Å². The molecule has 0 amide bonds. The van der Waals surface area contributed by atoms with Crippen LogP contribution in [0.5, 0.6) is 0 Å². The molecule has 0 aromatic heterocycles. The summed E-state index contributed by atoms with van der Waals surface area (Å²) in [5, 5.41) is 0.0209. The molecule has 1 heterocycles. The van der Waals surface area contributed by atoms with Gasteiger partial charge in [0.2, 0.25) is 5.12 Å². The van der Waals surface area contributed by atoms with E-state index in [1.165, 1.54) is 17.8 Å². The first-order valence-electron chi connectivity index (χ1n) is 5.82. The third-order valence-corrected chi connectivity index (χ3v) is 5.88. The van der Waals surface area contributed by atoms with E-state index in [0.29, 0.717) is 9.99 Å². The summed E-state index contributed by atoms with van der Waals surface area (Å²) < 4.78 is 28.8. The van der Waals surface area contributed by atoms with Gasteiger partial charge in [0.05, 0.1) is 18.1 Å². The Bertz CT molecular complexity index is 467. The molecular weight excluding hydrogens is 308 g/mol. The summed E-state index contributed by atoms with van der Waals surface area (Å²) in [6.45, 7) is 2.21. The minimum atomic E-state index is -3.51. The van der Waals surface area contributed by atoms with E-state index in [2.05, 4.69) is 0 Å². The summed E-state index contributed by atoms with van der Waals surface area (Å²) in [6, 6.07) is 0. The van der Waals surface area contributed by atoms with Crippen molar-refractivity contribution in [1.82, 2.24) is 0 Å². The van der Waals surface area contributed by atoms with Crippen LogP contribution in [0.4, 0.5) is 0 Å². The Balaban J connectivity index is 2.39. The van der Waals surface area contributed by atoms with Gasteiger partial charge in [-0.1, -0.05) is 13.3 Å². The molecule has 0 aromatic carbocycles. The van der Waals surface area contributed by atoms with Crippen molar-refractivity contribution >= 4 is 44.4 Å². The number of hydrogen-bond acceptors (Lipinski definition) is 7. The van der Waals surface area contributed by atoms with Crippen LogP contribution in [0.15, 0.2) is 10.3 Å². The van der Waals surface area contributed by atoms with Crippen LogP contribution in [-0.4, -0.2) is 43.4 Å². The van der Waals surface area contributed by atoms with Crippen LogP contribution in [0.1, 0.15) is 19.8 Å². The molecule has 8 heteroatoms. The number of thioether (sulfide) groups is 2. The second kappa shape index (κ2) is 7.96. The molecule has 1 fully saturated rings. The number of carbonyl (C=O) groups excluding carboxylic acids is 2. The molecule has 0 N–H and O–H groups in total. The Kier molecular flexibility index (Phi) is 6.95. The molecule has 0 saturated carbocycles. The number of ether oxygens (including phenoxy) is 1. The van der Waals surface area contributed by atoms with Crippen molar-refractivity contribution in [3.63, 3.8) is 0 Å². The van der Waals surface area contributed by atoms with Gasteiger partial charge in [0.25, 0.3) is 0 Å². The fourth-order valence-corrected chi connectivity index (χ4v) is 4.36. The van der Waals surface area contributed by atoms with Crippen LogP contribution in [0.2, 0.25) is 0 Å². The molecule has 0 atom stereocenters. The minimum Gasteiger partial charge on any atom is -0.465 e. The summed E-state index contributed by atoms with van der Waals surface area (Å²) in [7, 11) is -3.51. The zero-order chi connectivity index (χ0) is 14.3. The van der Waals surface area contributed by atoms with Gasteiger partial charge in [0.15, 0.2) is 9.84 Å². The Morgan fingerprint density at radius 1 is 1.47 bits per heavy atom. The molecule has 19 heavy (non-hydrogen) atoms. The van der Waals surface area contributed by atoms with E-state index in [1.807, 2.05) is 6.92 Å².